The summed E-state index contributed by atoms with van der Waals surface area (Å²) < 4.78 is 17.0. The molecule has 0 saturated carbocycles. The van der Waals surface area contributed by atoms with Crippen LogP contribution in [-0.2, 0) is 0 Å². The largest absolute Gasteiger partial charge is 0.504 e. The number of aliphatic imine (C=N–C) groups is 1. The Morgan fingerprint density at radius 3 is 2.92 bits per heavy atom. The average molecular weight is 383 g/mol. The SMILES string of the molecule is Oc1c(Cl)c(Cl)cc2c1N=C(Nc1cc(F)c3[nH]ccc3c1)NS2. The maximum atomic E-state index is 14.0. The Labute approximate surface area is 150 Å². The summed E-state index contributed by atoms with van der Waals surface area (Å²) in [5.41, 5.74) is 1.27. The number of rotatable bonds is 1. The number of guanidine groups is 1. The molecule has 0 saturated heterocycles. The van der Waals surface area contributed by atoms with E-state index in [1.165, 1.54) is 18.0 Å². The second-order valence-corrected chi connectivity index (χ2v) is 6.69. The number of nitrogens with one attached hydrogen (secondary N) is 3. The van der Waals surface area contributed by atoms with E-state index in [1.54, 1.807) is 24.4 Å². The molecule has 3 aromatic rings. The number of hydrogen-bond acceptors (Lipinski definition) is 5. The van der Waals surface area contributed by atoms with Crippen LogP contribution in [0.3, 0.4) is 0 Å². The van der Waals surface area contributed by atoms with Crippen molar-refractivity contribution in [3.63, 3.8) is 0 Å². The van der Waals surface area contributed by atoms with Gasteiger partial charge in [-0.3, -0.25) is 4.72 Å². The van der Waals surface area contributed by atoms with Crippen LogP contribution < -0.4 is 10.0 Å². The first-order valence-corrected chi connectivity index (χ1v) is 8.36. The number of phenolic OH excluding ortho intramolecular Hbond substituents is 1. The van der Waals surface area contributed by atoms with Gasteiger partial charge in [0.05, 0.1) is 15.4 Å². The predicted molar refractivity (Wildman–Crippen MR) is 96.1 cm³/mol. The van der Waals surface area contributed by atoms with Gasteiger partial charge in [-0.15, -0.1) is 0 Å². The van der Waals surface area contributed by atoms with Crippen LogP contribution >= 0.6 is 35.1 Å². The Hall–Kier alpha value is -2.09. The Bertz CT molecular complexity index is 1000. The zero-order valence-electron chi connectivity index (χ0n) is 11.8. The quantitative estimate of drug-likeness (QED) is 0.445. The van der Waals surface area contributed by atoms with Crippen LogP contribution in [0.1, 0.15) is 0 Å². The molecule has 0 unspecified atom stereocenters. The van der Waals surface area contributed by atoms with Crippen molar-refractivity contribution < 1.29 is 9.50 Å². The number of H-pyrrole nitrogens is 1. The van der Waals surface area contributed by atoms with Crippen molar-refractivity contribution in [2.75, 3.05) is 5.32 Å². The zero-order valence-corrected chi connectivity index (χ0v) is 14.2. The van der Waals surface area contributed by atoms with E-state index >= 15 is 0 Å². The predicted octanol–water partition coefficient (Wildman–Crippen LogP) is 5.03. The van der Waals surface area contributed by atoms with Crippen LogP contribution in [0.4, 0.5) is 15.8 Å². The summed E-state index contributed by atoms with van der Waals surface area (Å²) in [6.45, 7) is 0. The van der Waals surface area contributed by atoms with Crippen molar-refractivity contribution in [3.05, 3.63) is 46.3 Å². The van der Waals surface area contributed by atoms with Crippen molar-refractivity contribution in [3.8, 4) is 5.75 Å². The number of nitrogens with zero attached hydrogens (tertiary/aromatic N) is 1. The Kier molecular flexibility index (Phi) is 3.71. The molecule has 1 aliphatic heterocycles. The lowest BCUT2D eigenvalue weighted by atomic mass is 10.2. The van der Waals surface area contributed by atoms with Crippen molar-refractivity contribution in [2.45, 2.75) is 4.90 Å². The van der Waals surface area contributed by atoms with E-state index in [9.17, 15) is 9.50 Å². The van der Waals surface area contributed by atoms with Gasteiger partial charge in [0.25, 0.3) is 0 Å². The van der Waals surface area contributed by atoms with Crippen molar-refractivity contribution in [1.29, 1.82) is 0 Å². The van der Waals surface area contributed by atoms with E-state index in [0.29, 0.717) is 27.7 Å². The molecule has 122 valence electrons. The zero-order chi connectivity index (χ0) is 16.8. The van der Waals surface area contributed by atoms with Crippen LogP contribution in [0.25, 0.3) is 10.9 Å². The maximum absolute atomic E-state index is 14.0. The summed E-state index contributed by atoms with van der Waals surface area (Å²) in [7, 11) is 0. The highest BCUT2D eigenvalue weighted by molar-refractivity contribution is 7.98. The molecule has 5 nitrogen and oxygen atoms in total. The monoisotopic (exact) mass is 382 g/mol. The lowest BCUT2D eigenvalue weighted by Crippen LogP contribution is -2.26. The first-order valence-electron chi connectivity index (χ1n) is 6.79. The third-order valence-electron chi connectivity index (χ3n) is 3.49. The molecule has 0 atom stereocenters. The molecule has 0 spiro atoms. The summed E-state index contributed by atoms with van der Waals surface area (Å²) in [6, 6.07) is 6.53. The van der Waals surface area contributed by atoms with Crippen LogP contribution in [0.2, 0.25) is 10.0 Å². The van der Waals surface area contributed by atoms with Crippen LogP contribution in [0.15, 0.2) is 40.4 Å². The second kappa shape index (κ2) is 5.77. The van der Waals surface area contributed by atoms with Gasteiger partial charge < -0.3 is 15.4 Å². The lowest BCUT2D eigenvalue weighted by molar-refractivity contribution is 0.475. The van der Waals surface area contributed by atoms with Crippen molar-refractivity contribution >= 4 is 63.4 Å². The number of halogens is 3. The average Bonchev–Trinajstić information content (AvgIpc) is 3.02. The highest BCUT2D eigenvalue weighted by Gasteiger charge is 2.21. The molecule has 2 heterocycles. The standard InChI is InChI=1S/C15H9Cl2FN4OS/c16-8-5-10-13(14(23)11(8)17)21-15(22-24-10)20-7-3-6-1-2-19-12(6)9(18)4-7/h1-5,19,23H,(H2,20,21,22). The molecule has 4 rings (SSSR count). The van der Waals surface area contributed by atoms with E-state index in [-0.39, 0.29) is 21.6 Å². The summed E-state index contributed by atoms with van der Waals surface area (Å²) in [5.74, 6) is -0.225. The fourth-order valence-electron chi connectivity index (χ4n) is 2.39. The fourth-order valence-corrected chi connectivity index (χ4v) is 3.52. The molecule has 1 aliphatic rings. The second-order valence-electron chi connectivity index (χ2n) is 5.06. The fraction of sp³-hybridized carbons (Fsp3) is 0. The molecule has 4 N–H and O–H groups in total. The van der Waals surface area contributed by atoms with Crippen molar-refractivity contribution in [2.24, 2.45) is 4.99 Å². The van der Waals surface area contributed by atoms with Gasteiger partial charge in [0.2, 0.25) is 5.96 Å². The Morgan fingerprint density at radius 1 is 1.25 bits per heavy atom. The molecule has 0 aliphatic carbocycles. The number of aromatic amines is 1. The molecule has 0 amide bonds. The molecule has 0 bridgehead atoms. The number of anilines is 1. The van der Waals surface area contributed by atoms with E-state index in [0.717, 1.165) is 5.39 Å². The third-order valence-corrected chi connectivity index (χ3v) is 5.09. The van der Waals surface area contributed by atoms with E-state index in [2.05, 4.69) is 20.0 Å². The van der Waals surface area contributed by atoms with Gasteiger partial charge in [-0.25, -0.2) is 9.38 Å². The highest BCUT2D eigenvalue weighted by atomic mass is 35.5. The third kappa shape index (κ3) is 2.54. The molecular formula is C15H9Cl2FN4OS. The maximum Gasteiger partial charge on any atom is 0.211 e. The number of aromatic nitrogens is 1. The minimum atomic E-state index is -0.373. The van der Waals surface area contributed by atoms with Gasteiger partial charge >= 0.3 is 0 Å². The van der Waals surface area contributed by atoms with E-state index in [4.69, 9.17) is 23.2 Å². The first-order chi connectivity index (χ1) is 11.5. The van der Waals surface area contributed by atoms with Gasteiger partial charge in [-0.05, 0) is 36.2 Å². The summed E-state index contributed by atoms with van der Waals surface area (Å²) in [6.07, 6.45) is 1.67. The molecular weight excluding hydrogens is 374 g/mol. The van der Waals surface area contributed by atoms with Gasteiger partial charge in [-0.2, -0.15) is 0 Å². The summed E-state index contributed by atoms with van der Waals surface area (Å²) in [4.78, 5) is 7.77. The minimum Gasteiger partial charge on any atom is -0.504 e. The smallest absolute Gasteiger partial charge is 0.211 e. The van der Waals surface area contributed by atoms with E-state index in [1.807, 2.05) is 0 Å². The van der Waals surface area contributed by atoms with Crippen LogP contribution in [0, 0.1) is 5.82 Å². The van der Waals surface area contributed by atoms with Crippen molar-refractivity contribution in [1.82, 2.24) is 9.71 Å². The number of hydrogen-bond donors (Lipinski definition) is 4. The van der Waals surface area contributed by atoms with E-state index < -0.39 is 0 Å². The molecule has 9 heteroatoms. The number of benzene rings is 2. The Morgan fingerprint density at radius 2 is 2.08 bits per heavy atom. The van der Waals surface area contributed by atoms with Gasteiger partial charge in [0.15, 0.2) is 5.75 Å². The number of phenols is 1. The van der Waals surface area contributed by atoms with Crippen LogP contribution in [-0.4, -0.2) is 16.1 Å². The van der Waals surface area contributed by atoms with Gasteiger partial charge in [-0.1, -0.05) is 23.2 Å². The number of aromatic hydroxyl groups is 1. The minimum absolute atomic E-state index is 0.0424. The molecule has 0 radical (unpaired) electrons. The molecule has 2 aromatic carbocycles. The van der Waals surface area contributed by atoms with Crippen LogP contribution in [0.5, 0.6) is 5.75 Å². The molecule has 0 fully saturated rings. The first kappa shape index (κ1) is 15.4. The normalized spacial score (nSPS) is 13.4. The van der Waals surface area contributed by atoms with Gasteiger partial charge in [0.1, 0.15) is 16.5 Å². The number of fused-ring (bicyclic) bond motifs is 2. The Balaban J connectivity index is 1.71. The van der Waals surface area contributed by atoms with Gasteiger partial charge in [0, 0.05) is 17.3 Å². The lowest BCUT2D eigenvalue weighted by Gasteiger charge is -2.19. The molecule has 1 aromatic heterocycles. The highest BCUT2D eigenvalue weighted by Crippen LogP contribution is 2.46. The summed E-state index contributed by atoms with van der Waals surface area (Å²) >= 11 is 13.1. The molecule has 24 heavy (non-hydrogen) atoms. The summed E-state index contributed by atoms with van der Waals surface area (Å²) in [5, 5.41) is 14.1. The topological polar surface area (TPSA) is 72.4 Å².